The van der Waals surface area contributed by atoms with Gasteiger partial charge in [0, 0.05) is 24.5 Å². The van der Waals surface area contributed by atoms with Gasteiger partial charge < -0.3 is 10.6 Å². The third kappa shape index (κ3) is 5.96. The summed E-state index contributed by atoms with van der Waals surface area (Å²) >= 11 is 0. The predicted molar refractivity (Wildman–Crippen MR) is 129 cm³/mol. The van der Waals surface area contributed by atoms with E-state index in [2.05, 4.69) is 22.8 Å². The fraction of sp³-hybridized carbons (Fsp3) is 0.240. The molecule has 2 N–H and O–H groups in total. The Hall–Kier alpha value is -3.16. The Bertz CT molecular complexity index is 1130. The number of nitrogens with one attached hydrogen (secondary N) is 2. The second kappa shape index (κ2) is 10.9. The first kappa shape index (κ1) is 23.5. The van der Waals surface area contributed by atoms with Crippen molar-refractivity contribution in [3.63, 3.8) is 0 Å². The zero-order chi connectivity index (χ0) is 23.0. The van der Waals surface area contributed by atoms with Crippen molar-refractivity contribution in [1.82, 2.24) is 4.31 Å². The Balaban J connectivity index is 1.60. The van der Waals surface area contributed by atoms with Crippen LogP contribution in [-0.2, 0) is 21.2 Å². The summed E-state index contributed by atoms with van der Waals surface area (Å²) in [6, 6.07) is 24.3. The van der Waals surface area contributed by atoms with Crippen molar-refractivity contribution in [2.24, 2.45) is 0 Å². The number of nitrogens with zero attached hydrogens (tertiary/aromatic N) is 1. The molecule has 0 aliphatic heterocycles. The molecule has 32 heavy (non-hydrogen) atoms. The SMILES string of the molecule is CCN(CC)S(=O)(=O)c1ccc(NCC(=O)Nc2ccccc2Cc2ccccc2)cc1. The maximum absolute atomic E-state index is 12.6. The van der Waals surface area contributed by atoms with Gasteiger partial charge in [0.15, 0.2) is 0 Å². The summed E-state index contributed by atoms with van der Waals surface area (Å²) < 4.78 is 26.6. The van der Waals surface area contributed by atoms with Gasteiger partial charge in [0.25, 0.3) is 0 Å². The Morgan fingerprint density at radius 1 is 0.844 bits per heavy atom. The van der Waals surface area contributed by atoms with E-state index in [0.29, 0.717) is 18.8 Å². The summed E-state index contributed by atoms with van der Waals surface area (Å²) in [6.07, 6.45) is 0.729. The summed E-state index contributed by atoms with van der Waals surface area (Å²) in [6.45, 7) is 4.54. The topological polar surface area (TPSA) is 78.5 Å². The molecule has 0 saturated heterocycles. The number of carbonyl (C=O) groups is 1. The third-order valence-corrected chi connectivity index (χ3v) is 7.24. The van der Waals surface area contributed by atoms with E-state index >= 15 is 0 Å². The van der Waals surface area contributed by atoms with Gasteiger partial charge in [-0.25, -0.2) is 8.42 Å². The first-order valence-corrected chi connectivity index (χ1v) is 12.1. The van der Waals surface area contributed by atoms with Gasteiger partial charge in [0.05, 0.1) is 11.4 Å². The number of carbonyl (C=O) groups excluding carboxylic acids is 1. The molecule has 6 nitrogen and oxygen atoms in total. The molecule has 168 valence electrons. The molecular weight excluding hydrogens is 422 g/mol. The van der Waals surface area contributed by atoms with Gasteiger partial charge in [-0.1, -0.05) is 62.4 Å². The highest BCUT2D eigenvalue weighted by atomic mass is 32.2. The molecule has 0 spiro atoms. The predicted octanol–water partition coefficient (Wildman–Crippen LogP) is 4.36. The molecule has 0 aliphatic rings. The maximum atomic E-state index is 12.6. The molecular formula is C25H29N3O3S. The quantitative estimate of drug-likeness (QED) is 0.480. The number of rotatable bonds is 10. The van der Waals surface area contributed by atoms with Crippen LogP contribution < -0.4 is 10.6 Å². The van der Waals surface area contributed by atoms with Crippen LogP contribution in [0.25, 0.3) is 0 Å². The van der Waals surface area contributed by atoms with Gasteiger partial charge in [0.2, 0.25) is 15.9 Å². The minimum absolute atomic E-state index is 0.0712. The van der Waals surface area contributed by atoms with Crippen LogP contribution in [0.2, 0.25) is 0 Å². The van der Waals surface area contributed by atoms with Crippen LogP contribution in [0.4, 0.5) is 11.4 Å². The monoisotopic (exact) mass is 451 g/mol. The molecule has 0 fully saturated rings. The van der Waals surface area contributed by atoms with Crippen LogP contribution in [0.5, 0.6) is 0 Å². The molecule has 0 heterocycles. The molecule has 0 saturated carbocycles. The van der Waals surface area contributed by atoms with Gasteiger partial charge in [0.1, 0.15) is 0 Å². The highest BCUT2D eigenvalue weighted by Crippen LogP contribution is 2.20. The molecule has 0 radical (unpaired) electrons. The summed E-state index contributed by atoms with van der Waals surface area (Å²) in [7, 11) is -3.49. The largest absolute Gasteiger partial charge is 0.376 e. The third-order valence-electron chi connectivity index (χ3n) is 5.18. The number of hydrogen-bond acceptors (Lipinski definition) is 4. The standard InChI is InChI=1S/C25H29N3O3S/c1-3-28(4-2)32(30,31)23-16-14-22(15-17-23)26-19-25(29)27-24-13-9-8-12-21(24)18-20-10-6-5-7-11-20/h5-17,26H,3-4,18-19H2,1-2H3,(H,27,29). The smallest absolute Gasteiger partial charge is 0.243 e. The molecule has 0 aromatic heterocycles. The highest BCUT2D eigenvalue weighted by Gasteiger charge is 2.21. The average molecular weight is 452 g/mol. The molecule has 0 unspecified atom stereocenters. The number of para-hydroxylation sites is 1. The second-order valence-electron chi connectivity index (χ2n) is 7.33. The lowest BCUT2D eigenvalue weighted by atomic mass is 10.0. The van der Waals surface area contributed by atoms with E-state index in [9.17, 15) is 13.2 Å². The lowest BCUT2D eigenvalue weighted by Crippen LogP contribution is -2.30. The minimum atomic E-state index is -3.49. The zero-order valence-electron chi connectivity index (χ0n) is 18.4. The van der Waals surface area contributed by atoms with Gasteiger partial charge in [-0.2, -0.15) is 4.31 Å². The van der Waals surface area contributed by atoms with Crippen molar-refractivity contribution in [3.05, 3.63) is 90.0 Å². The molecule has 1 amide bonds. The number of benzene rings is 3. The summed E-state index contributed by atoms with van der Waals surface area (Å²) in [5.41, 5.74) is 3.67. The average Bonchev–Trinajstić information content (AvgIpc) is 2.80. The first-order valence-electron chi connectivity index (χ1n) is 10.7. The number of sulfonamides is 1. The van der Waals surface area contributed by atoms with E-state index in [-0.39, 0.29) is 17.3 Å². The Morgan fingerprint density at radius 2 is 1.47 bits per heavy atom. The van der Waals surface area contributed by atoms with E-state index in [1.54, 1.807) is 24.3 Å². The lowest BCUT2D eigenvalue weighted by Gasteiger charge is -2.18. The number of anilines is 2. The highest BCUT2D eigenvalue weighted by molar-refractivity contribution is 7.89. The lowest BCUT2D eigenvalue weighted by molar-refractivity contribution is -0.114. The Labute approximate surface area is 190 Å². The molecule has 0 aliphatic carbocycles. The zero-order valence-corrected chi connectivity index (χ0v) is 19.2. The van der Waals surface area contributed by atoms with Crippen LogP contribution in [-0.4, -0.2) is 38.3 Å². The van der Waals surface area contributed by atoms with E-state index in [1.807, 2.05) is 56.3 Å². The molecule has 7 heteroatoms. The molecule has 0 atom stereocenters. The van der Waals surface area contributed by atoms with Crippen molar-refractivity contribution in [3.8, 4) is 0 Å². The van der Waals surface area contributed by atoms with Crippen LogP contribution in [0.3, 0.4) is 0 Å². The van der Waals surface area contributed by atoms with Gasteiger partial charge >= 0.3 is 0 Å². The van der Waals surface area contributed by atoms with Crippen molar-refractivity contribution < 1.29 is 13.2 Å². The Morgan fingerprint density at radius 3 is 2.12 bits per heavy atom. The first-order chi connectivity index (χ1) is 15.4. The van der Waals surface area contributed by atoms with Crippen molar-refractivity contribution >= 4 is 27.3 Å². The van der Waals surface area contributed by atoms with Crippen molar-refractivity contribution in [1.29, 1.82) is 0 Å². The number of amides is 1. The summed E-state index contributed by atoms with van der Waals surface area (Å²) in [5, 5.41) is 6.01. The van der Waals surface area contributed by atoms with Crippen molar-refractivity contribution in [2.75, 3.05) is 30.3 Å². The Kier molecular flexibility index (Phi) is 8.03. The van der Waals surface area contributed by atoms with E-state index in [0.717, 1.165) is 17.7 Å². The summed E-state index contributed by atoms with van der Waals surface area (Å²) in [4.78, 5) is 12.7. The van der Waals surface area contributed by atoms with E-state index in [4.69, 9.17) is 0 Å². The maximum Gasteiger partial charge on any atom is 0.243 e. The fourth-order valence-corrected chi connectivity index (χ4v) is 4.90. The van der Waals surface area contributed by atoms with Crippen LogP contribution >= 0.6 is 0 Å². The fourth-order valence-electron chi connectivity index (χ4n) is 3.45. The molecule has 3 aromatic rings. The molecule has 0 bridgehead atoms. The van der Waals surface area contributed by atoms with Crippen LogP contribution in [0.15, 0.2) is 83.8 Å². The van der Waals surface area contributed by atoms with E-state index in [1.165, 1.54) is 9.87 Å². The normalized spacial score (nSPS) is 11.3. The van der Waals surface area contributed by atoms with Gasteiger partial charge in [-0.15, -0.1) is 0 Å². The molecule has 3 aromatic carbocycles. The van der Waals surface area contributed by atoms with Crippen LogP contribution in [0, 0.1) is 0 Å². The number of hydrogen-bond donors (Lipinski definition) is 2. The minimum Gasteiger partial charge on any atom is -0.376 e. The van der Waals surface area contributed by atoms with Gasteiger partial charge in [-0.3, -0.25) is 4.79 Å². The van der Waals surface area contributed by atoms with E-state index < -0.39 is 10.0 Å². The van der Waals surface area contributed by atoms with Crippen molar-refractivity contribution in [2.45, 2.75) is 25.2 Å². The molecule has 3 rings (SSSR count). The van der Waals surface area contributed by atoms with Crippen LogP contribution in [0.1, 0.15) is 25.0 Å². The van der Waals surface area contributed by atoms with Gasteiger partial charge in [-0.05, 0) is 47.9 Å². The second-order valence-corrected chi connectivity index (χ2v) is 9.27. The summed E-state index contributed by atoms with van der Waals surface area (Å²) in [5.74, 6) is -0.176.